The zero-order chi connectivity index (χ0) is 22.4. The van der Waals surface area contributed by atoms with E-state index in [-0.39, 0.29) is 20.2 Å². The largest absolute Gasteiger partial charge is 0.414 e. The van der Waals surface area contributed by atoms with Gasteiger partial charge >= 0.3 is 0 Å². The molecule has 1 aromatic rings. The van der Waals surface area contributed by atoms with Crippen molar-refractivity contribution in [3.8, 4) is 0 Å². The summed E-state index contributed by atoms with van der Waals surface area (Å²) < 4.78 is 12.9. The van der Waals surface area contributed by atoms with E-state index in [1.807, 2.05) is 14.2 Å². The first-order chi connectivity index (χ1) is 12.3. The Labute approximate surface area is 177 Å². The summed E-state index contributed by atoms with van der Waals surface area (Å²) in [7, 11) is -0.693. The van der Waals surface area contributed by atoms with Gasteiger partial charge in [-0.3, -0.25) is 0 Å². The molecule has 0 bridgehead atoms. The van der Waals surface area contributed by atoms with Gasteiger partial charge in [-0.25, -0.2) is 0 Å². The van der Waals surface area contributed by atoms with Crippen LogP contribution in [0, 0.1) is 0 Å². The Hall–Kier alpha value is -0.426. The van der Waals surface area contributed by atoms with Crippen molar-refractivity contribution in [2.45, 2.75) is 103 Å². The highest BCUT2D eigenvalue weighted by Crippen LogP contribution is 2.52. The Balaban J connectivity index is 3.76. The van der Waals surface area contributed by atoms with Gasteiger partial charge in [0.25, 0.3) is 0 Å². The second-order valence-electron chi connectivity index (χ2n) is 12.3. The molecule has 0 N–H and O–H groups in total. The highest BCUT2D eigenvalue weighted by atomic mass is 28.4. The quantitative estimate of drug-likeness (QED) is 0.517. The van der Waals surface area contributed by atoms with E-state index >= 15 is 0 Å². The molecule has 0 saturated heterocycles. The van der Waals surface area contributed by atoms with Crippen molar-refractivity contribution in [2.24, 2.45) is 0 Å². The van der Waals surface area contributed by atoms with Crippen LogP contribution in [-0.2, 0) is 8.85 Å². The van der Waals surface area contributed by atoms with Crippen molar-refractivity contribution in [1.82, 2.24) is 0 Å². The SMILES string of the molecule is CO[Si](c1ccc([Si](OC)(C(C)(C)C)C(C)(C)C)cc1)(C(C)(C)C)C(C)(C)C. The Bertz CT molecular complexity index is 563. The predicted molar refractivity (Wildman–Crippen MR) is 130 cm³/mol. The van der Waals surface area contributed by atoms with E-state index in [0.717, 1.165) is 0 Å². The monoisotopic (exact) mass is 422 g/mol. The van der Waals surface area contributed by atoms with E-state index in [1.165, 1.54) is 10.4 Å². The molecule has 0 aromatic heterocycles. The van der Waals surface area contributed by atoms with Crippen LogP contribution in [0.25, 0.3) is 0 Å². The molecule has 4 heteroatoms. The van der Waals surface area contributed by atoms with Crippen LogP contribution >= 0.6 is 0 Å². The molecule has 0 heterocycles. The standard InChI is InChI=1S/C24H46O2Si2/c1-21(2,3)27(25-13,22(4,5)6)19-15-17-20(18-16-19)28(26-14,23(7,8)9)24(10,11)12/h15-18H,1-14H3. The number of hydrogen-bond acceptors (Lipinski definition) is 2. The lowest BCUT2D eigenvalue weighted by atomic mass is 10.2. The minimum atomic E-state index is -2.26. The van der Waals surface area contributed by atoms with Crippen molar-refractivity contribution >= 4 is 27.0 Å². The van der Waals surface area contributed by atoms with Crippen molar-refractivity contribution in [3.63, 3.8) is 0 Å². The van der Waals surface area contributed by atoms with Crippen LogP contribution in [0.2, 0.25) is 20.2 Å². The normalized spacial score (nSPS) is 15.1. The maximum atomic E-state index is 6.46. The minimum absolute atomic E-state index is 0.0886. The summed E-state index contributed by atoms with van der Waals surface area (Å²) in [5, 5.41) is 3.11. The van der Waals surface area contributed by atoms with Gasteiger partial charge in [-0.05, 0) is 30.5 Å². The number of hydrogen-bond donors (Lipinski definition) is 0. The topological polar surface area (TPSA) is 18.5 Å². The molecular weight excluding hydrogens is 376 g/mol. The van der Waals surface area contributed by atoms with Gasteiger partial charge < -0.3 is 8.85 Å². The third-order valence-electron chi connectivity index (χ3n) is 6.54. The molecule has 0 amide bonds. The molecule has 0 aliphatic rings. The second kappa shape index (κ2) is 7.68. The van der Waals surface area contributed by atoms with Crippen LogP contribution in [-0.4, -0.2) is 30.9 Å². The molecule has 0 atom stereocenters. The van der Waals surface area contributed by atoms with Gasteiger partial charge in [0.15, 0.2) is 0 Å². The maximum absolute atomic E-state index is 6.46. The van der Waals surface area contributed by atoms with Crippen molar-refractivity contribution in [2.75, 3.05) is 14.2 Å². The van der Waals surface area contributed by atoms with E-state index in [4.69, 9.17) is 8.85 Å². The lowest BCUT2D eigenvalue weighted by Crippen LogP contribution is -2.65. The molecule has 162 valence electrons. The van der Waals surface area contributed by atoms with Crippen LogP contribution in [0.4, 0.5) is 0 Å². The smallest absolute Gasteiger partial charge is 0.234 e. The van der Waals surface area contributed by atoms with Gasteiger partial charge in [0.1, 0.15) is 0 Å². The van der Waals surface area contributed by atoms with Crippen molar-refractivity contribution < 1.29 is 8.85 Å². The fourth-order valence-corrected chi connectivity index (χ4v) is 18.5. The molecule has 0 fully saturated rings. The van der Waals surface area contributed by atoms with E-state index in [0.29, 0.717) is 0 Å². The van der Waals surface area contributed by atoms with E-state index in [9.17, 15) is 0 Å². The van der Waals surface area contributed by atoms with Crippen LogP contribution in [0.5, 0.6) is 0 Å². The first-order valence-corrected chi connectivity index (χ1v) is 14.4. The molecule has 0 aliphatic heterocycles. The predicted octanol–water partition coefficient (Wildman–Crippen LogP) is 6.48. The molecule has 0 radical (unpaired) electrons. The fourth-order valence-electron chi connectivity index (χ4n) is 6.38. The molecule has 0 saturated carbocycles. The maximum Gasteiger partial charge on any atom is 0.234 e. The first-order valence-electron chi connectivity index (χ1n) is 10.5. The zero-order valence-corrected chi connectivity index (χ0v) is 23.1. The average molecular weight is 423 g/mol. The Morgan fingerprint density at radius 3 is 0.750 bits per heavy atom. The molecule has 1 rings (SSSR count). The summed E-state index contributed by atoms with van der Waals surface area (Å²) in [5.74, 6) is 0. The Kier molecular flexibility index (Phi) is 7.02. The Morgan fingerprint density at radius 1 is 0.464 bits per heavy atom. The molecule has 0 aliphatic carbocycles. The van der Waals surface area contributed by atoms with E-state index in [1.54, 1.807) is 0 Å². The zero-order valence-electron chi connectivity index (χ0n) is 21.1. The number of benzene rings is 1. The van der Waals surface area contributed by atoms with Crippen LogP contribution in [0.15, 0.2) is 24.3 Å². The van der Waals surface area contributed by atoms with Crippen molar-refractivity contribution in [3.05, 3.63) is 24.3 Å². The second-order valence-corrected chi connectivity index (χ2v) is 23.0. The summed E-state index contributed by atoms with van der Waals surface area (Å²) in [6.07, 6.45) is 0. The van der Waals surface area contributed by atoms with Gasteiger partial charge in [-0.1, -0.05) is 107 Å². The van der Waals surface area contributed by atoms with Crippen LogP contribution in [0.3, 0.4) is 0 Å². The molecule has 0 unspecified atom stereocenters. The fraction of sp³-hybridized carbons (Fsp3) is 0.750. The summed E-state index contributed by atoms with van der Waals surface area (Å²) in [4.78, 5) is 0. The van der Waals surface area contributed by atoms with Gasteiger partial charge in [0, 0.05) is 14.2 Å². The molecule has 0 spiro atoms. The third-order valence-corrected chi connectivity index (χ3v) is 18.5. The molecule has 2 nitrogen and oxygen atoms in total. The average Bonchev–Trinajstić information content (AvgIpc) is 2.45. The minimum Gasteiger partial charge on any atom is -0.414 e. The summed E-state index contributed by atoms with van der Waals surface area (Å²) >= 11 is 0. The van der Waals surface area contributed by atoms with Crippen molar-refractivity contribution in [1.29, 1.82) is 0 Å². The summed E-state index contributed by atoms with van der Waals surface area (Å²) in [6.45, 7) is 28.0. The lowest BCUT2D eigenvalue weighted by Gasteiger charge is -2.51. The number of rotatable bonds is 4. The van der Waals surface area contributed by atoms with Gasteiger partial charge in [0.05, 0.1) is 0 Å². The molecule has 28 heavy (non-hydrogen) atoms. The molecule has 1 aromatic carbocycles. The Morgan fingerprint density at radius 2 is 0.643 bits per heavy atom. The van der Waals surface area contributed by atoms with Gasteiger partial charge in [0.2, 0.25) is 16.6 Å². The van der Waals surface area contributed by atoms with Gasteiger partial charge in [-0.2, -0.15) is 0 Å². The summed E-state index contributed by atoms with van der Waals surface area (Å²) in [5.41, 5.74) is 0. The summed E-state index contributed by atoms with van der Waals surface area (Å²) in [6, 6.07) is 9.39. The van der Waals surface area contributed by atoms with Gasteiger partial charge in [-0.15, -0.1) is 0 Å². The van der Waals surface area contributed by atoms with E-state index in [2.05, 4.69) is 107 Å². The first kappa shape index (κ1) is 25.6. The van der Waals surface area contributed by atoms with Crippen LogP contribution < -0.4 is 10.4 Å². The van der Waals surface area contributed by atoms with E-state index < -0.39 is 16.6 Å². The molecular formula is C24H46O2Si2. The highest BCUT2D eigenvalue weighted by Gasteiger charge is 2.58. The van der Waals surface area contributed by atoms with Crippen LogP contribution in [0.1, 0.15) is 83.1 Å². The lowest BCUT2D eigenvalue weighted by molar-refractivity contribution is 0.340. The highest BCUT2D eigenvalue weighted by molar-refractivity contribution is 6.92. The third kappa shape index (κ3) is 3.82.